The maximum absolute atomic E-state index is 13.9. The second-order valence-corrected chi connectivity index (χ2v) is 14.0. The van der Waals surface area contributed by atoms with Gasteiger partial charge in [0.05, 0.1) is 18.4 Å². The van der Waals surface area contributed by atoms with E-state index < -0.39 is 78.3 Å². The van der Waals surface area contributed by atoms with Crippen LogP contribution in [-0.2, 0) is 40.0 Å². The van der Waals surface area contributed by atoms with Crippen molar-refractivity contribution in [2.75, 3.05) is 24.2 Å². The number of carbonyl (C=O) groups is 8. The molecular weight excluding hydrogens is 696 g/mol. The van der Waals surface area contributed by atoms with Gasteiger partial charge in [0.2, 0.25) is 23.6 Å². The minimum Gasteiger partial charge on any atom is -0.481 e. The zero-order valence-electron chi connectivity index (χ0n) is 31.6. The Bertz CT molecular complexity index is 1710. The maximum atomic E-state index is 13.9. The number of carbonyl (C=O) groups excluding carboxylic acids is 7. The third kappa shape index (κ3) is 12.2. The second kappa shape index (κ2) is 20.0. The molecule has 1 saturated heterocycles. The Balaban J connectivity index is 1.73. The molecule has 15 nitrogen and oxygen atoms in total. The van der Waals surface area contributed by atoms with Crippen LogP contribution in [0.15, 0.2) is 48.5 Å². The van der Waals surface area contributed by atoms with E-state index in [1.807, 2.05) is 32.0 Å². The van der Waals surface area contributed by atoms with E-state index in [0.29, 0.717) is 36.2 Å². The summed E-state index contributed by atoms with van der Waals surface area (Å²) in [6, 6.07) is 10.3. The van der Waals surface area contributed by atoms with E-state index in [1.54, 1.807) is 37.3 Å². The lowest BCUT2D eigenvalue weighted by Crippen LogP contribution is -2.55. The van der Waals surface area contributed by atoms with Crippen LogP contribution in [-0.4, -0.2) is 93.8 Å². The van der Waals surface area contributed by atoms with Crippen LogP contribution >= 0.6 is 0 Å². The van der Waals surface area contributed by atoms with Crippen molar-refractivity contribution >= 4 is 58.6 Å². The molecule has 2 aromatic rings. The monoisotopic (exact) mass is 748 g/mol. The lowest BCUT2D eigenvalue weighted by atomic mass is 9.90. The van der Waals surface area contributed by atoms with Gasteiger partial charge < -0.3 is 41.4 Å². The number of hydrogen-bond donors (Lipinski definition) is 5. The number of aryl methyl sites for hydroxylation is 1. The van der Waals surface area contributed by atoms with E-state index >= 15 is 0 Å². The van der Waals surface area contributed by atoms with Gasteiger partial charge in [0.25, 0.3) is 0 Å². The summed E-state index contributed by atoms with van der Waals surface area (Å²) in [4.78, 5) is 105. The van der Waals surface area contributed by atoms with E-state index in [1.165, 1.54) is 23.8 Å². The van der Waals surface area contributed by atoms with Crippen molar-refractivity contribution in [3.63, 3.8) is 0 Å². The second-order valence-electron chi connectivity index (χ2n) is 14.0. The first-order chi connectivity index (χ1) is 25.5. The fourth-order valence-corrected chi connectivity index (χ4v) is 6.58. The molecule has 6 N–H and O–H groups in total. The van der Waals surface area contributed by atoms with Crippen LogP contribution in [0.2, 0.25) is 0 Å². The lowest BCUT2D eigenvalue weighted by molar-refractivity contribution is -0.144. The van der Waals surface area contributed by atoms with Crippen LogP contribution in [0.25, 0.3) is 0 Å². The number of aliphatic carboxylic acids is 1. The number of nitrogens with one attached hydrogen (secondary N) is 3. The standard InChI is InChI=1S/C39H52N6O9/c1-6-23(2)35(44(5)33(48)21-26-13-15-28(16-14-26)41-39(54)43-29-11-8-7-10-24(29)3)37(52)42-30(17-18-34(49)50)32(47)22-27(20-25(4)46)38(53)45-19-9-12-31(45)36(40)51/h7-8,10-11,13-16,23,27,30-31,35H,6,9,12,17-22H2,1-5H3,(H2,40,51)(H,42,52)(H,49,50)(H2,41,43,54)/t23?,27-,30+,31+,35+/m1/s1. The summed E-state index contributed by atoms with van der Waals surface area (Å²) in [6.45, 7) is 7.00. The highest BCUT2D eigenvalue weighted by Crippen LogP contribution is 2.25. The van der Waals surface area contributed by atoms with Crippen molar-refractivity contribution < 1.29 is 43.5 Å². The molecule has 0 radical (unpaired) electrons. The highest BCUT2D eigenvalue weighted by molar-refractivity contribution is 6.00. The van der Waals surface area contributed by atoms with Gasteiger partial charge in [-0.15, -0.1) is 0 Å². The van der Waals surface area contributed by atoms with Gasteiger partial charge in [-0.1, -0.05) is 50.6 Å². The third-order valence-corrected chi connectivity index (χ3v) is 9.77. The number of likely N-dealkylation sites (tertiary alicyclic amines) is 1. The molecule has 0 aliphatic carbocycles. The number of likely N-dealkylation sites (N-methyl/N-ethyl adjacent to an activating group) is 1. The van der Waals surface area contributed by atoms with Crippen molar-refractivity contribution in [2.24, 2.45) is 17.6 Å². The average Bonchev–Trinajstić information content (AvgIpc) is 3.61. The third-order valence-electron chi connectivity index (χ3n) is 9.77. The van der Waals surface area contributed by atoms with Crippen molar-refractivity contribution in [2.45, 2.75) is 97.2 Å². The van der Waals surface area contributed by atoms with Crippen molar-refractivity contribution in [1.29, 1.82) is 0 Å². The van der Waals surface area contributed by atoms with E-state index in [4.69, 9.17) is 5.73 Å². The number of carboxylic acid groups (broad SMARTS) is 1. The van der Waals surface area contributed by atoms with Crippen LogP contribution in [0.5, 0.6) is 0 Å². The quantitative estimate of drug-likeness (QED) is 0.142. The van der Waals surface area contributed by atoms with Gasteiger partial charge in [-0.3, -0.25) is 28.8 Å². The summed E-state index contributed by atoms with van der Waals surface area (Å²) in [5.74, 6) is -6.10. The number of anilines is 2. The minimum absolute atomic E-state index is 0.0780. The number of rotatable bonds is 19. The van der Waals surface area contributed by atoms with Crippen molar-refractivity contribution in [3.8, 4) is 0 Å². The zero-order chi connectivity index (χ0) is 40.1. The number of nitrogens with zero attached hydrogens (tertiary/aromatic N) is 2. The van der Waals surface area contributed by atoms with E-state index in [0.717, 1.165) is 5.56 Å². The van der Waals surface area contributed by atoms with E-state index in [-0.39, 0.29) is 37.5 Å². The Morgan fingerprint density at radius 3 is 2.24 bits per heavy atom. The van der Waals surface area contributed by atoms with Gasteiger partial charge in [-0.05, 0) is 68.4 Å². The smallest absolute Gasteiger partial charge is 0.323 e. The molecule has 292 valence electrons. The molecule has 0 saturated carbocycles. The number of primary amides is 1. The van der Waals surface area contributed by atoms with Crippen LogP contribution < -0.4 is 21.7 Å². The fraction of sp³-hybridized carbons (Fsp3) is 0.487. The largest absolute Gasteiger partial charge is 0.481 e. The molecule has 15 heteroatoms. The summed E-state index contributed by atoms with van der Waals surface area (Å²) in [5, 5.41) is 17.6. The molecule has 1 aliphatic rings. The molecule has 6 amide bonds. The Morgan fingerprint density at radius 1 is 0.981 bits per heavy atom. The SMILES string of the molecule is CCC(C)[C@@H](C(=O)N[C@@H](CCC(=O)O)C(=O)C[C@@H](CC(C)=O)C(=O)N1CCC[C@H]1C(N)=O)N(C)C(=O)Cc1ccc(NC(=O)Nc2ccccc2C)cc1. The molecule has 1 unspecified atom stereocenters. The van der Waals surface area contributed by atoms with Gasteiger partial charge >= 0.3 is 12.0 Å². The molecule has 0 aromatic heterocycles. The fourth-order valence-electron chi connectivity index (χ4n) is 6.58. The van der Waals surface area contributed by atoms with Crippen LogP contribution in [0.3, 0.4) is 0 Å². The number of benzene rings is 2. The summed E-state index contributed by atoms with van der Waals surface area (Å²) >= 11 is 0. The molecule has 5 atom stereocenters. The van der Waals surface area contributed by atoms with Crippen molar-refractivity contribution in [1.82, 2.24) is 15.1 Å². The van der Waals surface area contributed by atoms with Crippen LogP contribution in [0, 0.1) is 18.8 Å². The molecule has 1 heterocycles. The molecule has 0 bridgehead atoms. The normalized spacial score (nSPS) is 15.9. The number of nitrogens with two attached hydrogens (primary N) is 1. The number of para-hydroxylation sites is 1. The number of carboxylic acids is 1. The minimum atomic E-state index is -1.33. The number of ketones is 2. The maximum Gasteiger partial charge on any atom is 0.323 e. The number of urea groups is 1. The molecule has 1 fully saturated rings. The predicted molar refractivity (Wildman–Crippen MR) is 201 cm³/mol. The van der Waals surface area contributed by atoms with Gasteiger partial charge in [0.15, 0.2) is 5.78 Å². The first kappa shape index (κ1) is 42.8. The van der Waals surface area contributed by atoms with E-state index in [9.17, 15) is 43.5 Å². The van der Waals surface area contributed by atoms with Gasteiger partial charge in [-0.25, -0.2) is 4.79 Å². The van der Waals surface area contributed by atoms with Crippen LogP contribution in [0.1, 0.15) is 76.8 Å². The molecule has 2 aromatic carbocycles. The number of Topliss-reactive ketones (excluding diaryl/α,β-unsaturated/α-hetero) is 2. The molecule has 1 aliphatic heterocycles. The highest BCUT2D eigenvalue weighted by Gasteiger charge is 2.39. The average molecular weight is 749 g/mol. The van der Waals surface area contributed by atoms with E-state index in [2.05, 4.69) is 16.0 Å². The summed E-state index contributed by atoms with van der Waals surface area (Å²) in [7, 11) is 1.48. The topological polar surface area (TPSA) is 225 Å². The van der Waals surface area contributed by atoms with Gasteiger partial charge in [-0.2, -0.15) is 0 Å². The van der Waals surface area contributed by atoms with Gasteiger partial charge in [0, 0.05) is 44.2 Å². The Hall–Kier alpha value is -5.60. The number of amides is 6. The Morgan fingerprint density at radius 2 is 1.65 bits per heavy atom. The predicted octanol–water partition coefficient (Wildman–Crippen LogP) is 3.44. The first-order valence-corrected chi connectivity index (χ1v) is 18.1. The van der Waals surface area contributed by atoms with Crippen molar-refractivity contribution in [3.05, 3.63) is 59.7 Å². The summed E-state index contributed by atoms with van der Waals surface area (Å²) in [6.07, 6.45) is -0.244. The molecule has 54 heavy (non-hydrogen) atoms. The molecule has 0 spiro atoms. The Kier molecular flexibility index (Phi) is 15.9. The summed E-state index contributed by atoms with van der Waals surface area (Å²) in [5.41, 5.74) is 8.18. The summed E-state index contributed by atoms with van der Waals surface area (Å²) < 4.78 is 0. The zero-order valence-corrected chi connectivity index (χ0v) is 31.6. The van der Waals surface area contributed by atoms with Gasteiger partial charge in [0.1, 0.15) is 17.9 Å². The molecule has 3 rings (SSSR count). The number of hydrogen-bond acceptors (Lipinski definition) is 8. The Labute approximate surface area is 315 Å². The van der Waals surface area contributed by atoms with Crippen LogP contribution in [0.4, 0.5) is 16.2 Å². The first-order valence-electron chi connectivity index (χ1n) is 18.1. The highest BCUT2D eigenvalue weighted by atomic mass is 16.4. The molecular formula is C39H52N6O9. The lowest BCUT2D eigenvalue weighted by Gasteiger charge is -2.33.